The molecule has 5 nitrogen and oxygen atoms in total. The third kappa shape index (κ3) is 2.68. The molecule has 2 aromatic heterocycles. The molecule has 0 spiro atoms. The van der Waals surface area contributed by atoms with Crippen molar-refractivity contribution in [3.8, 4) is 0 Å². The van der Waals surface area contributed by atoms with E-state index in [2.05, 4.69) is 15.6 Å². The zero-order valence-electron chi connectivity index (χ0n) is 10.1. The van der Waals surface area contributed by atoms with Crippen LogP contribution in [-0.4, -0.2) is 14.9 Å². The summed E-state index contributed by atoms with van der Waals surface area (Å²) in [6, 6.07) is 1.91. The number of hydrogen-bond donors (Lipinski definition) is 1. The summed E-state index contributed by atoms with van der Waals surface area (Å²) in [6.45, 7) is 5.07. The van der Waals surface area contributed by atoms with E-state index in [4.69, 9.17) is 16.1 Å². The molecule has 0 radical (unpaired) electrons. The lowest BCUT2D eigenvalue weighted by atomic mass is 10.3. The van der Waals surface area contributed by atoms with Crippen molar-refractivity contribution in [2.45, 2.75) is 26.9 Å². The fourth-order valence-corrected chi connectivity index (χ4v) is 1.90. The summed E-state index contributed by atoms with van der Waals surface area (Å²) in [5.74, 6) is 0.817. The molecule has 0 aliphatic carbocycles. The van der Waals surface area contributed by atoms with Gasteiger partial charge in [0.2, 0.25) is 0 Å². The topological polar surface area (TPSA) is 55.9 Å². The molecule has 0 amide bonds. The lowest BCUT2D eigenvalue weighted by molar-refractivity contribution is 0.368. The minimum atomic E-state index is 0.626. The van der Waals surface area contributed by atoms with Crippen LogP contribution in [0.2, 0.25) is 5.02 Å². The smallest absolute Gasteiger partial charge is 0.150 e. The van der Waals surface area contributed by atoms with E-state index >= 15 is 0 Å². The Morgan fingerprint density at radius 3 is 2.71 bits per heavy atom. The van der Waals surface area contributed by atoms with Crippen molar-refractivity contribution in [1.82, 2.24) is 20.3 Å². The van der Waals surface area contributed by atoms with Crippen molar-refractivity contribution in [1.29, 1.82) is 0 Å². The zero-order chi connectivity index (χ0) is 12.4. The number of aryl methyl sites for hydroxylation is 3. The van der Waals surface area contributed by atoms with Crippen molar-refractivity contribution < 1.29 is 4.52 Å². The molecular formula is C11H15ClN4O. The lowest BCUT2D eigenvalue weighted by Gasteiger charge is -2.03. The molecule has 2 aromatic rings. The Hall–Kier alpha value is -1.33. The molecule has 0 aliphatic rings. The molecule has 2 rings (SSSR count). The first-order chi connectivity index (χ1) is 8.08. The summed E-state index contributed by atoms with van der Waals surface area (Å²) in [5.41, 5.74) is 2.71. The molecule has 0 bridgehead atoms. The third-order valence-corrected chi connectivity index (χ3v) is 3.02. The first-order valence-electron chi connectivity index (χ1n) is 5.39. The SMILES string of the molecule is Cc1cc(CNCc2c(Cl)c(C)nn2C)on1. The van der Waals surface area contributed by atoms with Crippen LogP contribution in [0.15, 0.2) is 10.6 Å². The van der Waals surface area contributed by atoms with Crippen molar-refractivity contribution in [2.24, 2.45) is 7.05 Å². The molecule has 0 aliphatic heterocycles. The van der Waals surface area contributed by atoms with Gasteiger partial charge in [-0.05, 0) is 13.8 Å². The molecule has 0 fully saturated rings. The average Bonchev–Trinajstić information content (AvgIpc) is 2.78. The summed E-state index contributed by atoms with van der Waals surface area (Å²) >= 11 is 6.14. The fourth-order valence-electron chi connectivity index (χ4n) is 1.68. The van der Waals surface area contributed by atoms with Gasteiger partial charge in [0.25, 0.3) is 0 Å². The monoisotopic (exact) mass is 254 g/mol. The highest BCUT2D eigenvalue weighted by Gasteiger charge is 2.10. The number of nitrogens with one attached hydrogen (secondary N) is 1. The second kappa shape index (κ2) is 4.89. The van der Waals surface area contributed by atoms with Crippen LogP contribution in [-0.2, 0) is 20.1 Å². The second-order valence-electron chi connectivity index (χ2n) is 4.01. The molecule has 2 heterocycles. The van der Waals surface area contributed by atoms with E-state index in [1.807, 2.05) is 27.0 Å². The van der Waals surface area contributed by atoms with E-state index in [-0.39, 0.29) is 0 Å². The van der Waals surface area contributed by atoms with Gasteiger partial charge >= 0.3 is 0 Å². The molecule has 0 aromatic carbocycles. The van der Waals surface area contributed by atoms with Gasteiger partial charge in [-0.25, -0.2) is 0 Å². The van der Waals surface area contributed by atoms with Gasteiger partial charge in [0.05, 0.1) is 28.6 Å². The minimum Gasteiger partial charge on any atom is -0.360 e. The zero-order valence-corrected chi connectivity index (χ0v) is 10.9. The number of nitrogens with zero attached hydrogens (tertiary/aromatic N) is 3. The Labute approximate surface area is 105 Å². The predicted octanol–water partition coefficient (Wildman–Crippen LogP) is 1.97. The molecule has 92 valence electrons. The largest absolute Gasteiger partial charge is 0.360 e. The number of hydrogen-bond acceptors (Lipinski definition) is 4. The molecular weight excluding hydrogens is 240 g/mol. The Balaban J connectivity index is 1.94. The normalized spacial score (nSPS) is 11.1. The van der Waals surface area contributed by atoms with Crippen molar-refractivity contribution >= 4 is 11.6 Å². The van der Waals surface area contributed by atoms with Crippen molar-refractivity contribution in [2.75, 3.05) is 0 Å². The molecule has 17 heavy (non-hydrogen) atoms. The van der Waals surface area contributed by atoms with Crippen LogP contribution in [0.1, 0.15) is 22.8 Å². The maximum Gasteiger partial charge on any atom is 0.150 e. The highest BCUT2D eigenvalue weighted by Crippen LogP contribution is 2.19. The Kier molecular flexibility index (Phi) is 3.49. The maximum atomic E-state index is 6.14. The number of aromatic nitrogens is 3. The number of halogens is 1. The third-order valence-electron chi connectivity index (χ3n) is 2.53. The number of rotatable bonds is 4. The first-order valence-corrected chi connectivity index (χ1v) is 5.76. The summed E-state index contributed by atoms with van der Waals surface area (Å²) in [5, 5.41) is 12.0. The Morgan fingerprint density at radius 1 is 1.41 bits per heavy atom. The van der Waals surface area contributed by atoms with E-state index in [0.717, 1.165) is 22.8 Å². The van der Waals surface area contributed by atoms with Crippen LogP contribution in [0, 0.1) is 13.8 Å². The maximum absolute atomic E-state index is 6.14. The molecule has 0 saturated heterocycles. The van der Waals surface area contributed by atoms with E-state index in [0.29, 0.717) is 18.1 Å². The predicted molar refractivity (Wildman–Crippen MR) is 64.7 cm³/mol. The highest BCUT2D eigenvalue weighted by atomic mass is 35.5. The standard InChI is InChI=1S/C11H15ClN4O/c1-7-4-9(17-15-7)5-13-6-10-11(12)8(2)14-16(10)3/h4,13H,5-6H2,1-3H3. The molecule has 0 atom stereocenters. The van der Waals surface area contributed by atoms with Gasteiger partial charge in [-0.15, -0.1) is 0 Å². The van der Waals surface area contributed by atoms with Gasteiger partial charge in [-0.3, -0.25) is 4.68 Å². The van der Waals surface area contributed by atoms with Crippen LogP contribution >= 0.6 is 11.6 Å². The second-order valence-corrected chi connectivity index (χ2v) is 4.39. The Morgan fingerprint density at radius 2 is 2.18 bits per heavy atom. The van der Waals surface area contributed by atoms with Gasteiger partial charge < -0.3 is 9.84 Å². The summed E-state index contributed by atoms with van der Waals surface area (Å²) in [4.78, 5) is 0. The molecule has 0 unspecified atom stereocenters. The van der Waals surface area contributed by atoms with E-state index in [1.54, 1.807) is 4.68 Å². The van der Waals surface area contributed by atoms with Gasteiger partial charge in [0, 0.05) is 19.7 Å². The first kappa shape index (κ1) is 12.1. The van der Waals surface area contributed by atoms with Gasteiger partial charge in [0.1, 0.15) is 0 Å². The highest BCUT2D eigenvalue weighted by molar-refractivity contribution is 6.31. The quantitative estimate of drug-likeness (QED) is 0.906. The van der Waals surface area contributed by atoms with Crippen molar-refractivity contribution in [3.63, 3.8) is 0 Å². The molecule has 1 N–H and O–H groups in total. The lowest BCUT2D eigenvalue weighted by Crippen LogP contribution is -2.15. The fraction of sp³-hybridized carbons (Fsp3) is 0.455. The molecule has 6 heteroatoms. The van der Waals surface area contributed by atoms with Crippen LogP contribution in [0.3, 0.4) is 0 Å². The summed E-state index contributed by atoms with van der Waals surface area (Å²) < 4.78 is 6.89. The minimum absolute atomic E-state index is 0.626. The van der Waals surface area contributed by atoms with Crippen LogP contribution in [0.25, 0.3) is 0 Å². The van der Waals surface area contributed by atoms with E-state index in [9.17, 15) is 0 Å². The van der Waals surface area contributed by atoms with Gasteiger partial charge in [0.15, 0.2) is 5.76 Å². The van der Waals surface area contributed by atoms with Crippen LogP contribution in [0.5, 0.6) is 0 Å². The molecule has 0 saturated carbocycles. The average molecular weight is 255 g/mol. The van der Waals surface area contributed by atoms with Crippen molar-refractivity contribution in [3.05, 3.63) is 33.9 Å². The summed E-state index contributed by atoms with van der Waals surface area (Å²) in [7, 11) is 1.88. The Bertz CT molecular complexity index is 518. The van der Waals surface area contributed by atoms with Gasteiger partial charge in [-0.2, -0.15) is 5.10 Å². The summed E-state index contributed by atoms with van der Waals surface area (Å²) in [6.07, 6.45) is 0. The van der Waals surface area contributed by atoms with E-state index in [1.165, 1.54) is 0 Å². The van der Waals surface area contributed by atoms with Crippen LogP contribution in [0.4, 0.5) is 0 Å². The van der Waals surface area contributed by atoms with Gasteiger partial charge in [-0.1, -0.05) is 16.8 Å². The van der Waals surface area contributed by atoms with E-state index < -0.39 is 0 Å². The van der Waals surface area contributed by atoms with Crippen LogP contribution < -0.4 is 5.32 Å².